The van der Waals surface area contributed by atoms with Gasteiger partial charge < -0.3 is 10.2 Å². The summed E-state index contributed by atoms with van der Waals surface area (Å²) in [5.74, 6) is 0.142. The fraction of sp³-hybridized carbons (Fsp3) is 0.455. The summed E-state index contributed by atoms with van der Waals surface area (Å²) in [5, 5.41) is 20.1. The first kappa shape index (κ1) is 18.9. The van der Waals surface area contributed by atoms with Crippen LogP contribution in [0.4, 0.5) is 4.39 Å². The fourth-order valence-electron chi connectivity index (χ4n) is 4.20. The van der Waals surface area contributed by atoms with Crippen LogP contribution in [0.3, 0.4) is 0 Å². The number of nitrogens with zero attached hydrogens (tertiary/aromatic N) is 1. The molecule has 1 atom stereocenters. The monoisotopic (exact) mass is 357 g/mol. The zero-order chi connectivity index (χ0) is 18.7. The Morgan fingerprint density at radius 2 is 1.73 bits per heavy atom. The number of hydrogen-bond donors (Lipinski definition) is 2. The largest absolute Gasteiger partial charge is 0.507 e. The molecule has 0 unspecified atom stereocenters. The average Bonchev–Trinajstić information content (AvgIpc) is 2.62. The lowest BCUT2D eigenvalue weighted by molar-refractivity contribution is 0.0288. The van der Waals surface area contributed by atoms with Crippen LogP contribution in [0.1, 0.15) is 35.1 Å². The Morgan fingerprint density at radius 3 is 2.35 bits per heavy atom. The molecule has 1 heterocycles. The van der Waals surface area contributed by atoms with Crippen molar-refractivity contribution in [2.45, 2.75) is 39.7 Å². The predicted octanol–water partition coefficient (Wildman–Crippen LogP) is 3.97. The Labute approximate surface area is 155 Å². The van der Waals surface area contributed by atoms with Gasteiger partial charge in [-0.2, -0.15) is 0 Å². The van der Waals surface area contributed by atoms with E-state index in [4.69, 9.17) is 0 Å². The Bertz CT molecular complexity index is 736. The van der Waals surface area contributed by atoms with E-state index in [1.807, 2.05) is 38.1 Å². The lowest BCUT2D eigenvalue weighted by Crippen LogP contribution is -2.46. The molecule has 0 spiro atoms. The number of piperidine rings is 1. The van der Waals surface area contributed by atoms with Gasteiger partial charge in [0.05, 0.1) is 6.61 Å². The molecule has 4 heteroatoms. The molecule has 1 saturated heterocycles. The fourth-order valence-corrected chi connectivity index (χ4v) is 4.20. The molecule has 0 saturated carbocycles. The molecule has 0 bridgehead atoms. The molecule has 2 aromatic carbocycles. The van der Waals surface area contributed by atoms with Gasteiger partial charge in [-0.15, -0.1) is 0 Å². The van der Waals surface area contributed by atoms with Crippen LogP contribution in [0.15, 0.2) is 36.4 Å². The zero-order valence-electron chi connectivity index (χ0n) is 15.6. The highest BCUT2D eigenvalue weighted by Crippen LogP contribution is 2.34. The minimum atomic E-state index is -0.227. The van der Waals surface area contributed by atoms with Crippen molar-refractivity contribution in [1.29, 1.82) is 0 Å². The van der Waals surface area contributed by atoms with Crippen LogP contribution in [0, 0.1) is 25.1 Å². The van der Waals surface area contributed by atoms with Gasteiger partial charge in [-0.3, -0.25) is 4.90 Å². The number of aliphatic hydroxyl groups excluding tert-OH is 1. The van der Waals surface area contributed by atoms with Gasteiger partial charge in [0, 0.05) is 18.5 Å². The third kappa shape index (κ3) is 4.25. The second-order valence-electron chi connectivity index (χ2n) is 7.85. The van der Waals surface area contributed by atoms with E-state index < -0.39 is 0 Å². The van der Waals surface area contributed by atoms with Crippen molar-refractivity contribution < 1.29 is 14.6 Å². The molecule has 1 fully saturated rings. The number of phenols is 1. The van der Waals surface area contributed by atoms with Gasteiger partial charge in [0.2, 0.25) is 0 Å². The van der Waals surface area contributed by atoms with Crippen LogP contribution in [-0.2, 0) is 13.0 Å². The average molecular weight is 357 g/mol. The molecule has 3 rings (SSSR count). The SMILES string of the molecule is Cc1cc(CN2CCC[C@](CO)(Cc3ccc(F)cc3)C2)cc(C)c1O. The summed E-state index contributed by atoms with van der Waals surface area (Å²) in [7, 11) is 0. The summed E-state index contributed by atoms with van der Waals surface area (Å²) < 4.78 is 13.2. The predicted molar refractivity (Wildman–Crippen MR) is 102 cm³/mol. The number of halogens is 1. The van der Waals surface area contributed by atoms with E-state index in [1.165, 1.54) is 17.7 Å². The molecule has 140 valence electrons. The van der Waals surface area contributed by atoms with E-state index in [0.717, 1.165) is 55.6 Å². The molecule has 1 aliphatic rings. The van der Waals surface area contributed by atoms with Crippen molar-refractivity contribution in [3.05, 3.63) is 64.5 Å². The third-order valence-electron chi connectivity index (χ3n) is 5.53. The Kier molecular flexibility index (Phi) is 5.64. The number of phenolic OH excluding ortho intramolecular Hbond substituents is 1. The maximum atomic E-state index is 13.2. The normalized spacial score (nSPS) is 21.1. The number of aromatic hydroxyl groups is 1. The molecule has 26 heavy (non-hydrogen) atoms. The molecular formula is C22H28FNO2. The van der Waals surface area contributed by atoms with Crippen LogP contribution < -0.4 is 0 Å². The van der Waals surface area contributed by atoms with Gasteiger partial charge in [-0.1, -0.05) is 24.3 Å². The van der Waals surface area contributed by atoms with E-state index in [-0.39, 0.29) is 17.8 Å². The highest BCUT2D eigenvalue weighted by Gasteiger charge is 2.35. The van der Waals surface area contributed by atoms with Crippen LogP contribution >= 0.6 is 0 Å². The van der Waals surface area contributed by atoms with E-state index in [1.54, 1.807) is 0 Å². The van der Waals surface area contributed by atoms with Crippen LogP contribution in [0.2, 0.25) is 0 Å². The van der Waals surface area contributed by atoms with Gasteiger partial charge in [0.25, 0.3) is 0 Å². The third-order valence-corrected chi connectivity index (χ3v) is 5.53. The number of benzene rings is 2. The van der Waals surface area contributed by atoms with Gasteiger partial charge in [0.1, 0.15) is 11.6 Å². The topological polar surface area (TPSA) is 43.7 Å². The van der Waals surface area contributed by atoms with Crippen LogP contribution in [0.5, 0.6) is 5.75 Å². The summed E-state index contributed by atoms with van der Waals surface area (Å²) >= 11 is 0. The Morgan fingerprint density at radius 1 is 1.08 bits per heavy atom. The van der Waals surface area contributed by atoms with Crippen LogP contribution in [-0.4, -0.2) is 34.8 Å². The molecule has 2 N–H and O–H groups in total. The molecule has 3 nitrogen and oxygen atoms in total. The van der Waals surface area contributed by atoms with E-state index in [9.17, 15) is 14.6 Å². The number of likely N-dealkylation sites (tertiary alicyclic amines) is 1. The highest BCUT2D eigenvalue weighted by molar-refractivity contribution is 5.42. The molecule has 0 aliphatic carbocycles. The minimum Gasteiger partial charge on any atom is -0.507 e. The van der Waals surface area contributed by atoms with Crippen molar-refractivity contribution in [1.82, 2.24) is 4.90 Å². The first-order valence-electron chi connectivity index (χ1n) is 9.27. The Hall–Kier alpha value is -1.91. The van der Waals surface area contributed by atoms with Crippen molar-refractivity contribution >= 4 is 0 Å². The summed E-state index contributed by atoms with van der Waals surface area (Å²) in [6.45, 7) is 6.62. The molecular weight excluding hydrogens is 329 g/mol. The molecule has 2 aromatic rings. The first-order chi connectivity index (χ1) is 12.4. The maximum Gasteiger partial charge on any atom is 0.123 e. The molecule has 0 radical (unpaired) electrons. The molecule has 0 amide bonds. The second-order valence-corrected chi connectivity index (χ2v) is 7.85. The van der Waals surface area contributed by atoms with Gasteiger partial charge in [0.15, 0.2) is 0 Å². The number of aliphatic hydroxyl groups is 1. The van der Waals surface area contributed by atoms with Gasteiger partial charge in [-0.05, 0) is 74.0 Å². The second kappa shape index (κ2) is 7.77. The van der Waals surface area contributed by atoms with Crippen molar-refractivity contribution in [2.75, 3.05) is 19.7 Å². The van der Waals surface area contributed by atoms with E-state index >= 15 is 0 Å². The first-order valence-corrected chi connectivity index (χ1v) is 9.27. The van der Waals surface area contributed by atoms with Crippen molar-refractivity contribution in [2.24, 2.45) is 5.41 Å². The number of hydrogen-bond acceptors (Lipinski definition) is 3. The molecule has 1 aliphatic heterocycles. The quantitative estimate of drug-likeness (QED) is 0.851. The van der Waals surface area contributed by atoms with Gasteiger partial charge >= 0.3 is 0 Å². The number of aryl methyl sites for hydroxylation is 2. The lowest BCUT2D eigenvalue weighted by Gasteiger charge is -2.42. The smallest absolute Gasteiger partial charge is 0.123 e. The van der Waals surface area contributed by atoms with Crippen molar-refractivity contribution in [3.63, 3.8) is 0 Å². The zero-order valence-corrected chi connectivity index (χ0v) is 15.6. The van der Waals surface area contributed by atoms with E-state index in [0.29, 0.717) is 5.75 Å². The molecule has 0 aromatic heterocycles. The summed E-state index contributed by atoms with van der Waals surface area (Å²) in [5.41, 5.74) is 3.87. The highest BCUT2D eigenvalue weighted by atomic mass is 19.1. The summed E-state index contributed by atoms with van der Waals surface area (Å²) in [6, 6.07) is 10.7. The summed E-state index contributed by atoms with van der Waals surface area (Å²) in [6.07, 6.45) is 2.77. The Balaban J connectivity index is 1.73. The maximum absolute atomic E-state index is 13.2. The lowest BCUT2D eigenvalue weighted by atomic mass is 9.75. The van der Waals surface area contributed by atoms with Crippen molar-refractivity contribution in [3.8, 4) is 5.75 Å². The van der Waals surface area contributed by atoms with E-state index in [2.05, 4.69) is 4.90 Å². The standard InChI is InChI=1S/C22H28FNO2/c1-16-10-19(11-17(2)21(16)26)13-24-9-3-8-22(14-24,15-25)12-18-4-6-20(23)7-5-18/h4-7,10-11,25-26H,3,8-9,12-15H2,1-2H3/t22-/m0/s1. The summed E-state index contributed by atoms with van der Waals surface area (Å²) in [4.78, 5) is 2.38. The van der Waals surface area contributed by atoms with Crippen LogP contribution in [0.25, 0.3) is 0 Å². The van der Waals surface area contributed by atoms with Gasteiger partial charge in [-0.25, -0.2) is 4.39 Å². The minimum absolute atomic E-state index is 0.133. The number of rotatable bonds is 5.